The van der Waals surface area contributed by atoms with Gasteiger partial charge in [0.15, 0.2) is 0 Å². The van der Waals surface area contributed by atoms with Crippen LogP contribution in [-0.2, 0) is 4.79 Å². The molecule has 0 bridgehead atoms. The summed E-state index contributed by atoms with van der Waals surface area (Å²) in [5.41, 5.74) is 0.655. The first-order valence-electron chi connectivity index (χ1n) is 5.74. The van der Waals surface area contributed by atoms with E-state index in [1.54, 1.807) is 29.2 Å². The average molecular weight is 332 g/mol. The van der Waals surface area contributed by atoms with E-state index in [1.165, 1.54) is 11.8 Å². The second kappa shape index (κ2) is 6.27. The van der Waals surface area contributed by atoms with Crippen molar-refractivity contribution in [2.24, 2.45) is 0 Å². The summed E-state index contributed by atoms with van der Waals surface area (Å²) >= 11 is 18.7. The third kappa shape index (κ3) is 3.14. The Hall–Kier alpha value is -0.550. The van der Waals surface area contributed by atoms with E-state index in [-0.39, 0.29) is 5.91 Å². The molecule has 0 unspecified atom stereocenters. The second-order valence-electron chi connectivity index (χ2n) is 3.97. The van der Waals surface area contributed by atoms with Crippen LogP contribution in [0.2, 0.25) is 10.0 Å². The maximum Gasteiger partial charge on any atom is 0.266 e. The van der Waals surface area contributed by atoms with Gasteiger partial charge >= 0.3 is 0 Å². The van der Waals surface area contributed by atoms with E-state index in [1.807, 2.05) is 6.92 Å². The normalized spacial score (nSPS) is 17.6. The number of thioether (sulfide) groups is 1. The summed E-state index contributed by atoms with van der Waals surface area (Å²) in [6, 6.07) is 5.25. The van der Waals surface area contributed by atoms with Crippen LogP contribution < -0.4 is 0 Å². The summed E-state index contributed by atoms with van der Waals surface area (Å²) in [6.07, 6.45) is 2.58. The van der Waals surface area contributed by atoms with Crippen molar-refractivity contribution in [2.75, 3.05) is 6.54 Å². The van der Waals surface area contributed by atoms with Crippen molar-refractivity contribution in [3.63, 3.8) is 0 Å². The smallest absolute Gasteiger partial charge is 0.266 e. The number of hydrogen-bond acceptors (Lipinski definition) is 3. The predicted molar refractivity (Wildman–Crippen MR) is 86.6 cm³/mol. The molecule has 0 radical (unpaired) electrons. The molecule has 0 atom stereocenters. The lowest BCUT2D eigenvalue weighted by Crippen LogP contribution is -2.28. The highest BCUT2D eigenvalue weighted by molar-refractivity contribution is 8.26. The molecule has 0 saturated carbocycles. The zero-order valence-corrected chi connectivity index (χ0v) is 13.3. The van der Waals surface area contributed by atoms with Gasteiger partial charge < -0.3 is 0 Å². The summed E-state index contributed by atoms with van der Waals surface area (Å²) in [5.74, 6) is -0.0761. The van der Waals surface area contributed by atoms with E-state index in [9.17, 15) is 4.79 Å². The fourth-order valence-electron chi connectivity index (χ4n) is 1.70. The van der Waals surface area contributed by atoms with Gasteiger partial charge in [-0.15, -0.1) is 0 Å². The highest BCUT2D eigenvalue weighted by Crippen LogP contribution is 2.35. The van der Waals surface area contributed by atoms with Gasteiger partial charge in [0.2, 0.25) is 0 Å². The lowest BCUT2D eigenvalue weighted by Gasteiger charge is -2.12. The standard InChI is InChI=1S/C13H11Cl2NOS2/c1-2-6-16-12(17)11(19-13(16)18)7-8-9(14)4-3-5-10(8)15/h3-5,7H,2,6H2,1H3/b11-7-. The van der Waals surface area contributed by atoms with Crippen molar-refractivity contribution in [3.8, 4) is 0 Å². The van der Waals surface area contributed by atoms with Crippen LogP contribution in [0.4, 0.5) is 0 Å². The van der Waals surface area contributed by atoms with Crippen LogP contribution in [-0.4, -0.2) is 21.7 Å². The van der Waals surface area contributed by atoms with E-state index >= 15 is 0 Å². The summed E-state index contributed by atoms with van der Waals surface area (Å²) in [7, 11) is 0. The van der Waals surface area contributed by atoms with E-state index in [0.29, 0.717) is 31.4 Å². The number of nitrogens with zero attached hydrogens (tertiary/aromatic N) is 1. The molecule has 1 aromatic rings. The summed E-state index contributed by atoms with van der Waals surface area (Å²) in [4.78, 5) is 14.4. The Labute approximate surface area is 131 Å². The van der Waals surface area contributed by atoms with Gasteiger partial charge in [-0.05, 0) is 24.6 Å². The predicted octanol–water partition coefficient (Wildman–Crippen LogP) is 4.60. The Kier molecular flexibility index (Phi) is 4.90. The molecule has 1 heterocycles. The highest BCUT2D eigenvalue weighted by Gasteiger charge is 2.31. The van der Waals surface area contributed by atoms with Gasteiger partial charge in [0.25, 0.3) is 5.91 Å². The van der Waals surface area contributed by atoms with Crippen LogP contribution in [0.25, 0.3) is 6.08 Å². The van der Waals surface area contributed by atoms with Gasteiger partial charge in [0.1, 0.15) is 4.32 Å². The van der Waals surface area contributed by atoms with E-state index < -0.39 is 0 Å². The minimum atomic E-state index is -0.0761. The number of hydrogen-bond donors (Lipinski definition) is 0. The first-order valence-corrected chi connectivity index (χ1v) is 7.72. The molecule has 1 aliphatic heterocycles. The molecule has 19 heavy (non-hydrogen) atoms. The zero-order chi connectivity index (χ0) is 14.0. The third-order valence-corrected chi connectivity index (χ3v) is 4.63. The molecule has 1 aromatic carbocycles. The van der Waals surface area contributed by atoms with E-state index in [0.717, 1.165) is 6.42 Å². The number of amides is 1. The van der Waals surface area contributed by atoms with Crippen molar-refractivity contribution in [1.82, 2.24) is 4.90 Å². The first-order chi connectivity index (χ1) is 9.04. The van der Waals surface area contributed by atoms with Crippen molar-refractivity contribution in [3.05, 3.63) is 38.7 Å². The molecule has 1 amide bonds. The molecular formula is C13H11Cl2NOS2. The zero-order valence-electron chi connectivity index (χ0n) is 10.2. The van der Waals surface area contributed by atoms with Crippen LogP contribution in [0.15, 0.2) is 23.1 Å². The molecule has 1 fully saturated rings. The van der Waals surface area contributed by atoms with Crippen molar-refractivity contribution in [1.29, 1.82) is 0 Å². The second-order valence-corrected chi connectivity index (χ2v) is 6.46. The van der Waals surface area contributed by atoms with E-state index in [2.05, 4.69) is 0 Å². The van der Waals surface area contributed by atoms with Gasteiger partial charge in [0, 0.05) is 22.2 Å². The van der Waals surface area contributed by atoms with Crippen LogP contribution >= 0.6 is 47.2 Å². The van der Waals surface area contributed by atoms with Crippen LogP contribution in [0.3, 0.4) is 0 Å². The van der Waals surface area contributed by atoms with Crippen molar-refractivity contribution < 1.29 is 4.79 Å². The molecule has 2 rings (SSSR count). The minimum Gasteiger partial charge on any atom is -0.293 e. The number of rotatable bonds is 3. The molecule has 0 aromatic heterocycles. The SMILES string of the molecule is CCCN1C(=O)/C(=C/c2c(Cl)cccc2Cl)SC1=S. The first kappa shape index (κ1) is 14.9. The maximum atomic E-state index is 12.2. The molecule has 2 nitrogen and oxygen atoms in total. The fourth-order valence-corrected chi connectivity index (χ4v) is 3.49. The Bertz CT molecular complexity index is 552. The lowest BCUT2D eigenvalue weighted by molar-refractivity contribution is -0.122. The average Bonchev–Trinajstić information content (AvgIpc) is 2.62. The molecule has 1 saturated heterocycles. The van der Waals surface area contributed by atoms with Gasteiger partial charge in [-0.1, -0.05) is 60.2 Å². The summed E-state index contributed by atoms with van der Waals surface area (Å²) in [6.45, 7) is 2.64. The fraction of sp³-hybridized carbons (Fsp3) is 0.231. The molecule has 6 heteroatoms. The molecule has 0 N–H and O–H groups in total. The Morgan fingerprint density at radius 1 is 1.37 bits per heavy atom. The van der Waals surface area contributed by atoms with Gasteiger partial charge in [-0.2, -0.15) is 0 Å². The molecule has 0 spiro atoms. The molecule has 1 aliphatic rings. The Morgan fingerprint density at radius 3 is 2.58 bits per heavy atom. The largest absolute Gasteiger partial charge is 0.293 e. The summed E-state index contributed by atoms with van der Waals surface area (Å²) in [5, 5.41) is 1.04. The van der Waals surface area contributed by atoms with Gasteiger partial charge in [-0.3, -0.25) is 9.69 Å². The van der Waals surface area contributed by atoms with Crippen LogP contribution in [0, 0.1) is 0 Å². The van der Waals surface area contributed by atoms with Crippen molar-refractivity contribution in [2.45, 2.75) is 13.3 Å². The Morgan fingerprint density at radius 2 is 2.00 bits per heavy atom. The molecule has 0 aliphatic carbocycles. The molecular weight excluding hydrogens is 321 g/mol. The number of halogens is 2. The Balaban J connectivity index is 2.35. The lowest BCUT2D eigenvalue weighted by atomic mass is 10.2. The summed E-state index contributed by atoms with van der Waals surface area (Å²) < 4.78 is 0.585. The van der Waals surface area contributed by atoms with E-state index in [4.69, 9.17) is 35.4 Å². The number of benzene rings is 1. The number of thiocarbonyl (C=S) groups is 1. The minimum absolute atomic E-state index is 0.0761. The van der Waals surface area contributed by atoms with Gasteiger partial charge in [-0.25, -0.2) is 0 Å². The third-order valence-electron chi connectivity index (χ3n) is 2.60. The molecule has 100 valence electrons. The quantitative estimate of drug-likeness (QED) is 0.596. The highest BCUT2D eigenvalue weighted by atomic mass is 35.5. The number of carbonyl (C=O) groups is 1. The number of carbonyl (C=O) groups excluding carboxylic acids is 1. The van der Waals surface area contributed by atoms with Crippen LogP contribution in [0.5, 0.6) is 0 Å². The topological polar surface area (TPSA) is 20.3 Å². The van der Waals surface area contributed by atoms with Crippen molar-refractivity contribution >= 4 is 63.5 Å². The van der Waals surface area contributed by atoms with Crippen LogP contribution in [0.1, 0.15) is 18.9 Å². The maximum absolute atomic E-state index is 12.2. The monoisotopic (exact) mass is 331 g/mol. The van der Waals surface area contributed by atoms with Gasteiger partial charge in [0.05, 0.1) is 4.91 Å².